The largest absolute Gasteiger partial charge is 0.493 e. The summed E-state index contributed by atoms with van der Waals surface area (Å²) in [5.41, 5.74) is 1.81. The van der Waals surface area contributed by atoms with E-state index in [1.807, 2.05) is 24.3 Å². The summed E-state index contributed by atoms with van der Waals surface area (Å²) in [6, 6.07) is 13.0. The summed E-state index contributed by atoms with van der Waals surface area (Å²) in [6.45, 7) is 0.203. The molecule has 0 aromatic heterocycles. The zero-order valence-corrected chi connectivity index (χ0v) is 13.8. The minimum Gasteiger partial charge on any atom is -0.493 e. The summed E-state index contributed by atoms with van der Waals surface area (Å²) in [6.07, 6.45) is 1.10. The van der Waals surface area contributed by atoms with Gasteiger partial charge in [-0.3, -0.25) is 4.79 Å². The highest BCUT2D eigenvalue weighted by molar-refractivity contribution is 5.95. The molecule has 0 atom stereocenters. The summed E-state index contributed by atoms with van der Waals surface area (Å²) in [7, 11) is 3.07. The highest BCUT2D eigenvalue weighted by Crippen LogP contribution is 2.30. The Labute approximate surface area is 141 Å². The molecular formula is C19H21NO4. The molecule has 0 aliphatic heterocycles. The molecule has 0 saturated carbocycles. The van der Waals surface area contributed by atoms with Gasteiger partial charge in [-0.25, -0.2) is 0 Å². The first kappa shape index (κ1) is 16.3. The van der Waals surface area contributed by atoms with Crippen LogP contribution in [-0.4, -0.2) is 37.4 Å². The molecule has 126 valence electrons. The molecule has 2 N–H and O–H groups in total. The molecule has 0 heterocycles. The van der Waals surface area contributed by atoms with Crippen molar-refractivity contribution in [2.45, 2.75) is 18.4 Å². The molecule has 0 saturated heterocycles. The molecule has 1 aliphatic carbocycles. The first-order valence-electron chi connectivity index (χ1n) is 7.84. The topological polar surface area (TPSA) is 67.8 Å². The fourth-order valence-electron chi connectivity index (χ4n) is 3.12. The third kappa shape index (κ3) is 3.21. The quantitative estimate of drug-likeness (QED) is 0.881. The van der Waals surface area contributed by atoms with E-state index in [9.17, 15) is 9.90 Å². The lowest BCUT2D eigenvalue weighted by molar-refractivity contribution is 0.0479. The molecule has 3 rings (SSSR count). The third-order valence-corrected chi connectivity index (χ3v) is 4.38. The van der Waals surface area contributed by atoms with Crippen LogP contribution in [0, 0.1) is 0 Å². The predicted molar refractivity (Wildman–Crippen MR) is 90.7 cm³/mol. The number of fused-ring (bicyclic) bond motifs is 1. The Morgan fingerprint density at radius 3 is 2.29 bits per heavy atom. The lowest BCUT2D eigenvalue weighted by Crippen LogP contribution is -2.43. The van der Waals surface area contributed by atoms with Crippen molar-refractivity contribution in [1.29, 1.82) is 0 Å². The van der Waals surface area contributed by atoms with Gasteiger partial charge in [0, 0.05) is 24.9 Å². The van der Waals surface area contributed by atoms with Crippen LogP contribution in [0.2, 0.25) is 0 Å². The first-order valence-corrected chi connectivity index (χ1v) is 7.84. The number of hydrogen-bond donors (Lipinski definition) is 2. The number of rotatable bonds is 5. The van der Waals surface area contributed by atoms with Gasteiger partial charge in [-0.15, -0.1) is 0 Å². The van der Waals surface area contributed by atoms with E-state index in [2.05, 4.69) is 5.32 Å². The van der Waals surface area contributed by atoms with E-state index >= 15 is 0 Å². The Balaban J connectivity index is 1.66. The standard InChI is InChI=1S/C19H21NO4/c1-23-16-8-7-13(9-17(16)24-2)18(21)20-12-19(22)10-14-5-3-4-6-15(14)11-19/h3-9,22H,10-12H2,1-2H3,(H,20,21). The number of nitrogens with one attached hydrogen (secondary N) is 1. The maximum absolute atomic E-state index is 12.4. The lowest BCUT2D eigenvalue weighted by Gasteiger charge is -2.22. The Morgan fingerprint density at radius 2 is 1.71 bits per heavy atom. The van der Waals surface area contributed by atoms with Crippen molar-refractivity contribution in [3.63, 3.8) is 0 Å². The number of methoxy groups -OCH3 is 2. The predicted octanol–water partition coefficient (Wildman–Crippen LogP) is 1.96. The van der Waals surface area contributed by atoms with Gasteiger partial charge in [-0.05, 0) is 29.3 Å². The van der Waals surface area contributed by atoms with E-state index in [0.29, 0.717) is 29.9 Å². The fourth-order valence-corrected chi connectivity index (χ4v) is 3.12. The third-order valence-electron chi connectivity index (χ3n) is 4.38. The maximum Gasteiger partial charge on any atom is 0.251 e. The van der Waals surface area contributed by atoms with Gasteiger partial charge < -0.3 is 19.9 Å². The van der Waals surface area contributed by atoms with Crippen LogP contribution in [0.4, 0.5) is 0 Å². The van der Waals surface area contributed by atoms with E-state index in [0.717, 1.165) is 11.1 Å². The van der Waals surface area contributed by atoms with Crippen LogP contribution in [0.3, 0.4) is 0 Å². The number of ether oxygens (including phenoxy) is 2. The van der Waals surface area contributed by atoms with Crippen LogP contribution >= 0.6 is 0 Å². The van der Waals surface area contributed by atoms with Gasteiger partial charge in [0.05, 0.1) is 19.8 Å². The Kier molecular flexibility index (Phi) is 4.44. The highest BCUT2D eigenvalue weighted by Gasteiger charge is 2.35. The van der Waals surface area contributed by atoms with Crippen molar-refractivity contribution in [2.75, 3.05) is 20.8 Å². The second-order valence-corrected chi connectivity index (χ2v) is 6.10. The second kappa shape index (κ2) is 6.53. The van der Waals surface area contributed by atoms with Crippen molar-refractivity contribution in [2.24, 2.45) is 0 Å². The number of hydrogen-bond acceptors (Lipinski definition) is 4. The SMILES string of the molecule is COc1ccc(C(=O)NCC2(O)Cc3ccccc3C2)cc1OC. The van der Waals surface area contributed by atoms with Crippen LogP contribution in [0.5, 0.6) is 11.5 Å². The molecule has 0 radical (unpaired) electrons. The number of benzene rings is 2. The van der Waals surface area contributed by atoms with E-state index < -0.39 is 5.60 Å². The molecule has 1 aliphatic rings. The van der Waals surface area contributed by atoms with Crippen LogP contribution in [0.25, 0.3) is 0 Å². The maximum atomic E-state index is 12.4. The minimum atomic E-state index is -0.935. The van der Waals surface area contributed by atoms with Gasteiger partial charge >= 0.3 is 0 Å². The fraction of sp³-hybridized carbons (Fsp3) is 0.316. The molecule has 1 amide bonds. The average Bonchev–Trinajstić information content (AvgIpc) is 2.95. The van der Waals surface area contributed by atoms with Gasteiger partial charge in [-0.2, -0.15) is 0 Å². The molecule has 5 nitrogen and oxygen atoms in total. The van der Waals surface area contributed by atoms with Crippen LogP contribution < -0.4 is 14.8 Å². The minimum absolute atomic E-state index is 0.203. The number of amides is 1. The van der Waals surface area contributed by atoms with Gasteiger partial charge in [0.1, 0.15) is 0 Å². The van der Waals surface area contributed by atoms with E-state index in [1.165, 1.54) is 7.11 Å². The van der Waals surface area contributed by atoms with Gasteiger partial charge in [0.25, 0.3) is 5.91 Å². The van der Waals surface area contributed by atoms with Gasteiger partial charge in [0.2, 0.25) is 0 Å². The molecule has 2 aromatic rings. The molecule has 0 bridgehead atoms. The zero-order chi connectivity index (χ0) is 17.2. The monoisotopic (exact) mass is 327 g/mol. The number of carbonyl (C=O) groups is 1. The zero-order valence-electron chi connectivity index (χ0n) is 13.8. The van der Waals surface area contributed by atoms with Gasteiger partial charge in [-0.1, -0.05) is 24.3 Å². The van der Waals surface area contributed by atoms with Crippen LogP contribution in [-0.2, 0) is 12.8 Å². The van der Waals surface area contributed by atoms with Crippen LogP contribution in [0.15, 0.2) is 42.5 Å². The Bertz CT molecular complexity index is 732. The van der Waals surface area contributed by atoms with E-state index in [4.69, 9.17) is 9.47 Å². The van der Waals surface area contributed by atoms with Crippen molar-refractivity contribution in [3.8, 4) is 11.5 Å². The van der Waals surface area contributed by atoms with E-state index in [1.54, 1.807) is 25.3 Å². The molecule has 0 spiro atoms. The van der Waals surface area contributed by atoms with Crippen LogP contribution in [0.1, 0.15) is 21.5 Å². The first-order chi connectivity index (χ1) is 11.5. The molecule has 0 fully saturated rings. The molecule has 0 unspecified atom stereocenters. The summed E-state index contributed by atoms with van der Waals surface area (Å²) in [5, 5.41) is 13.6. The Morgan fingerprint density at radius 1 is 1.08 bits per heavy atom. The second-order valence-electron chi connectivity index (χ2n) is 6.10. The molecule has 24 heavy (non-hydrogen) atoms. The Hall–Kier alpha value is -2.53. The summed E-state index contributed by atoms with van der Waals surface area (Å²) in [4.78, 5) is 12.4. The van der Waals surface area contributed by atoms with Crippen molar-refractivity contribution in [3.05, 3.63) is 59.2 Å². The molecule has 2 aromatic carbocycles. The normalized spacial score (nSPS) is 14.8. The number of carbonyl (C=O) groups excluding carboxylic acids is 1. The summed E-state index contributed by atoms with van der Waals surface area (Å²) in [5.74, 6) is 0.816. The summed E-state index contributed by atoms with van der Waals surface area (Å²) < 4.78 is 10.4. The van der Waals surface area contributed by atoms with Crippen molar-refractivity contribution in [1.82, 2.24) is 5.32 Å². The smallest absolute Gasteiger partial charge is 0.251 e. The van der Waals surface area contributed by atoms with Crippen molar-refractivity contribution < 1.29 is 19.4 Å². The van der Waals surface area contributed by atoms with E-state index in [-0.39, 0.29) is 12.5 Å². The van der Waals surface area contributed by atoms with Gasteiger partial charge in [0.15, 0.2) is 11.5 Å². The van der Waals surface area contributed by atoms with Crippen molar-refractivity contribution >= 4 is 5.91 Å². The average molecular weight is 327 g/mol. The summed E-state index contributed by atoms with van der Waals surface area (Å²) >= 11 is 0. The number of aliphatic hydroxyl groups is 1. The molecule has 5 heteroatoms. The molecular weight excluding hydrogens is 306 g/mol. The highest BCUT2D eigenvalue weighted by atomic mass is 16.5. The lowest BCUT2D eigenvalue weighted by atomic mass is 10.0.